The zero-order valence-electron chi connectivity index (χ0n) is 14.1. The summed E-state index contributed by atoms with van der Waals surface area (Å²) in [5, 5.41) is 20.1. The summed E-state index contributed by atoms with van der Waals surface area (Å²) in [4.78, 5) is 34.7. The topological polar surface area (TPSA) is 101 Å². The van der Waals surface area contributed by atoms with Gasteiger partial charge < -0.3 is 10.6 Å². The molecule has 2 N–H and O–H groups in total. The SMILES string of the molecule is O=C(NCC1(c2ccsc2)CCCC1)C(=O)Nc1ccccc1[N+](=O)[O-]. The molecular weight excluding hydrogens is 354 g/mol. The lowest BCUT2D eigenvalue weighted by molar-refractivity contribution is -0.383. The van der Waals surface area contributed by atoms with E-state index in [1.165, 1.54) is 23.8 Å². The van der Waals surface area contributed by atoms with Crippen LogP contribution >= 0.6 is 11.3 Å². The number of hydrogen-bond acceptors (Lipinski definition) is 5. The highest BCUT2D eigenvalue weighted by molar-refractivity contribution is 7.08. The smallest absolute Gasteiger partial charge is 0.313 e. The minimum atomic E-state index is -0.905. The van der Waals surface area contributed by atoms with Gasteiger partial charge in [-0.25, -0.2) is 0 Å². The van der Waals surface area contributed by atoms with Crippen molar-refractivity contribution >= 4 is 34.5 Å². The number of carbonyl (C=O) groups excluding carboxylic acids is 2. The van der Waals surface area contributed by atoms with Crippen molar-refractivity contribution in [2.45, 2.75) is 31.1 Å². The van der Waals surface area contributed by atoms with Gasteiger partial charge in [0.2, 0.25) is 0 Å². The Morgan fingerprint density at radius 2 is 1.88 bits per heavy atom. The van der Waals surface area contributed by atoms with Gasteiger partial charge in [-0.05, 0) is 41.3 Å². The molecule has 7 nitrogen and oxygen atoms in total. The first-order valence-corrected chi connectivity index (χ1v) is 9.31. The molecule has 1 aromatic heterocycles. The van der Waals surface area contributed by atoms with Gasteiger partial charge in [0.1, 0.15) is 5.69 Å². The molecule has 2 aromatic rings. The van der Waals surface area contributed by atoms with E-state index in [2.05, 4.69) is 22.1 Å². The lowest BCUT2D eigenvalue weighted by Gasteiger charge is -2.28. The van der Waals surface area contributed by atoms with E-state index < -0.39 is 16.7 Å². The largest absolute Gasteiger partial charge is 0.347 e. The molecule has 2 amide bonds. The molecule has 136 valence electrons. The Morgan fingerprint density at radius 1 is 1.15 bits per heavy atom. The molecule has 0 saturated heterocycles. The van der Waals surface area contributed by atoms with Crippen LogP contribution in [-0.2, 0) is 15.0 Å². The molecule has 0 unspecified atom stereocenters. The molecule has 26 heavy (non-hydrogen) atoms. The highest BCUT2D eigenvalue weighted by Gasteiger charge is 2.36. The molecule has 1 saturated carbocycles. The van der Waals surface area contributed by atoms with E-state index in [4.69, 9.17) is 0 Å². The van der Waals surface area contributed by atoms with E-state index in [0.717, 1.165) is 25.7 Å². The molecular formula is C18H19N3O4S. The number of para-hydroxylation sites is 2. The summed E-state index contributed by atoms with van der Waals surface area (Å²) in [5.74, 6) is -1.69. The Kier molecular flexibility index (Phi) is 5.32. The van der Waals surface area contributed by atoms with E-state index in [-0.39, 0.29) is 16.8 Å². The Balaban J connectivity index is 1.65. The average Bonchev–Trinajstić information content (AvgIpc) is 3.32. The minimum Gasteiger partial charge on any atom is -0.347 e. The summed E-state index contributed by atoms with van der Waals surface area (Å²) < 4.78 is 0. The monoisotopic (exact) mass is 373 g/mol. The van der Waals surface area contributed by atoms with Crippen molar-refractivity contribution in [2.75, 3.05) is 11.9 Å². The van der Waals surface area contributed by atoms with E-state index in [1.807, 2.05) is 5.38 Å². The van der Waals surface area contributed by atoms with Crippen molar-refractivity contribution in [1.82, 2.24) is 5.32 Å². The fourth-order valence-corrected chi connectivity index (χ4v) is 4.21. The van der Waals surface area contributed by atoms with Gasteiger partial charge in [0, 0.05) is 18.0 Å². The zero-order chi connectivity index (χ0) is 18.6. The third-order valence-electron chi connectivity index (χ3n) is 4.84. The number of rotatable bonds is 5. The molecule has 1 aliphatic carbocycles. The predicted molar refractivity (Wildman–Crippen MR) is 99.2 cm³/mol. The van der Waals surface area contributed by atoms with Crippen LogP contribution in [0.3, 0.4) is 0 Å². The lowest BCUT2D eigenvalue weighted by Crippen LogP contribution is -2.43. The van der Waals surface area contributed by atoms with E-state index >= 15 is 0 Å². The van der Waals surface area contributed by atoms with E-state index in [1.54, 1.807) is 17.4 Å². The summed E-state index contributed by atoms with van der Waals surface area (Å²) in [5.41, 5.74) is 0.818. The molecule has 1 aromatic carbocycles. The predicted octanol–water partition coefficient (Wildman–Crippen LogP) is 3.22. The van der Waals surface area contributed by atoms with Crippen LogP contribution < -0.4 is 10.6 Å². The summed E-state index contributed by atoms with van der Waals surface area (Å²) in [6.45, 7) is 0.382. The zero-order valence-corrected chi connectivity index (χ0v) is 14.9. The second-order valence-electron chi connectivity index (χ2n) is 6.41. The molecule has 0 radical (unpaired) electrons. The lowest BCUT2D eigenvalue weighted by atomic mass is 9.80. The van der Waals surface area contributed by atoms with E-state index in [9.17, 15) is 19.7 Å². The van der Waals surface area contributed by atoms with Gasteiger partial charge in [-0.2, -0.15) is 11.3 Å². The number of carbonyl (C=O) groups is 2. The van der Waals surface area contributed by atoms with Gasteiger partial charge in [-0.3, -0.25) is 19.7 Å². The van der Waals surface area contributed by atoms with Gasteiger partial charge in [0.15, 0.2) is 0 Å². The maximum Gasteiger partial charge on any atom is 0.313 e. The van der Waals surface area contributed by atoms with Crippen molar-refractivity contribution in [3.63, 3.8) is 0 Å². The summed E-state index contributed by atoms with van der Waals surface area (Å²) in [6, 6.07) is 7.80. The van der Waals surface area contributed by atoms with Gasteiger partial charge >= 0.3 is 11.8 Å². The maximum absolute atomic E-state index is 12.2. The van der Waals surface area contributed by atoms with Crippen LogP contribution in [0, 0.1) is 10.1 Å². The number of nitrogens with one attached hydrogen (secondary N) is 2. The number of nitro benzene ring substituents is 1. The first-order chi connectivity index (χ1) is 12.5. The number of thiophene rings is 1. The van der Waals surface area contributed by atoms with Crippen molar-refractivity contribution in [2.24, 2.45) is 0 Å². The number of benzene rings is 1. The number of amides is 2. The highest BCUT2D eigenvalue weighted by atomic mass is 32.1. The second kappa shape index (κ2) is 7.65. The standard InChI is InChI=1S/C18H19N3O4S/c22-16(17(23)20-14-5-1-2-6-15(14)21(24)25)19-12-18(8-3-4-9-18)13-7-10-26-11-13/h1-2,5-7,10-11H,3-4,8-9,12H2,(H,19,22)(H,20,23). The Labute approximate surface area is 154 Å². The molecule has 1 heterocycles. The summed E-state index contributed by atoms with van der Waals surface area (Å²) in [7, 11) is 0. The van der Waals surface area contributed by atoms with Crippen LogP contribution in [0.5, 0.6) is 0 Å². The number of anilines is 1. The third kappa shape index (κ3) is 3.75. The maximum atomic E-state index is 12.2. The minimum absolute atomic E-state index is 0.00562. The molecule has 3 rings (SSSR count). The van der Waals surface area contributed by atoms with Crippen molar-refractivity contribution in [3.8, 4) is 0 Å². The Hall–Kier alpha value is -2.74. The molecule has 0 aliphatic heterocycles. The average molecular weight is 373 g/mol. The summed E-state index contributed by atoms with van der Waals surface area (Å²) >= 11 is 1.62. The van der Waals surface area contributed by atoms with Crippen molar-refractivity contribution in [1.29, 1.82) is 0 Å². The van der Waals surface area contributed by atoms with E-state index in [0.29, 0.717) is 6.54 Å². The molecule has 0 atom stereocenters. The Morgan fingerprint density at radius 3 is 2.54 bits per heavy atom. The van der Waals surface area contributed by atoms with Crippen LogP contribution in [0.2, 0.25) is 0 Å². The van der Waals surface area contributed by atoms with Gasteiger partial charge in [-0.1, -0.05) is 25.0 Å². The molecule has 1 fully saturated rings. The summed E-state index contributed by atoms with van der Waals surface area (Å²) in [6.07, 6.45) is 4.12. The van der Waals surface area contributed by atoms with Gasteiger partial charge in [-0.15, -0.1) is 0 Å². The van der Waals surface area contributed by atoms with Crippen LogP contribution in [-0.4, -0.2) is 23.3 Å². The van der Waals surface area contributed by atoms with Crippen LogP contribution in [0.15, 0.2) is 41.1 Å². The van der Waals surface area contributed by atoms with Crippen molar-refractivity contribution in [3.05, 3.63) is 56.8 Å². The number of nitro groups is 1. The molecule has 8 heteroatoms. The quantitative estimate of drug-likeness (QED) is 0.477. The molecule has 0 bridgehead atoms. The first-order valence-electron chi connectivity index (χ1n) is 8.37. The van der Waals surface area contributed by atoms with Gasteiger partial charge in [0.05, 0.1) is 4.92 Å². The fraction of sp³-hybridized carbons (Fsp3) is 0.333. The van der Waals surface area contributed by atoms with Crippen LogP contribution in [0.25, 0.3) is 0 Å². The van der Waals surface area contributed by atoms with Crippen molar-refractivity contribution < 1.29 is 14.5 Å². The van der Waals surface area contributed by atoms with Crippen LogP contribution in [0.4, 0.5) is 11.4 Å². The van der Waals surface area contributed by atoms with Crippen LogP contribution in [0.1, 0.15) is 31.2 Å². The highest BCUT2D eigenvalue weighted by Crippen LogP contribution is 2.41. The third-order valence-corrected chi connectivity index (χ3v) is 5.52. The molecule has 1 aliphatic rings. The first kappa shape index (κ1) is 18.1. The Bertz CT molecular complexity index is 814. The second-order valence-corrected chi connectivity index (χ2v) is 7.19. The van der Waals surface area contributed by atoms with Gasteiger partial charge in [0.25, 0.3) is 5.69 Å². The molecule has 0 spiro atoms. The number of hydrogen-bond donors (Lipinski definition) is 2. The fourth-order valence-electron chi connectivity index (χ4n) is 3.43. The normalized spacial score (nSPS) is 15.4. The number of nitrogens with zero attached hydrogens (tertiary/aromatic N) is 1.